The van der Waals surface area contributed by atoms with Gasteiger partial charge in [0, 0.05) is 15.5 Å². The van der Waals surface area contributed by atoms with E-state index in [1.54, 1.807) is 0 Å². The molecule has 1 aromatic carbocycles. The molecular formula is C12H13NOS. The minimum absolute atomic E-state index is 0.0905. The predicted octanol–water partition coefficient (Wildman–Crippen LogP) is 2.95. The van der Waals surface area contributed by atoms with Crippen LogP contribution in [-0.4, -0.2) is 4.98 Å². The van der Waals surface area contributed by atoms with Gasteiger partial charge in [-0.15, -0.1) is 0 Å². The molecule has 1 heterocycles. The van der Waals surface area contributed by atoms with Crippen LogP contribution in [0, 0.1) is 0 Å². The molecule has 0 radical (unpaired) electrons. The van der Waals surface area contributed by atoms with Gasteiger partial charge < -0.3 is 0 Å². The fourth-order valence-corrected chi connectivity index (χ4v) is 2.34. The third-order valence-electron chi connectivity index (χ3n) is 2.25. The highest BCUT2D eigenvalue weighted by Crippen LogP contribution is 2.27. The first-order chi connectivity index (χ1) is 6.98. The molecule has 78 valence electrons. The number of hydrogen-bond donors (Lipinski definition) is 0. The van der Waals surface area contributed by atoms with Gasteiger partial charge in [-0.25, -0.2) is 4.98 Å². The maximum Gasteiger partial charge on any atom is 0.327 e. The zero-order valence-electron chi connectivity index (χ0n) is 9.07. The van der Waals surface area contributed by atoms with Crippen molar-refractivity contribution in [2.45, 2.75) is 26.2 Å². The lowest BCUT2D eigenvalue weighted by atomic mass is 9.90. The first kappa shape index (κ1) is 10.3. The smallest absolute Gasteiger partial charge is 0.255 e. The Labute approximate surface area is 92.6 Å². The third kappa shape index (κ3) is 1.92. The summed E-state index contributed by atoms with van der Waals surface area (Å²) < 4.78 is 1.02. The predicted molar refractivity (Wildman–Crippen MR) is 64.6 cm³/mol. The van der Waals surface area contributed by atoms with E-state index in [0.717, 1.165) is 15.8 Å². The van der Waals surface area contributed by atoms with Crippen molar-refractivity contribution in [3.05, 3.63) is 39.6 Å². The lowest BCUT2D eigenvalue weighted by Crippen LogP contribution is -2.18. The van der Waals surface area contributed by atoms with Gasteiger partial charge in [-0.1, -0.05) is 50.3 Å². The van der Waals surface area contributed by atoms with Gasteiger partial charge in [0.1, 0.15) is 0 Å². The van der Waals surface area contributed by atoms with Crippen LogP contribution in [0.3, 0.4) is 0 Å². The van der Waals surface area contributed by atoms with Crippen molar-refractivity contribution < 1.29 is 0 Å². The van der Waals surface area contributed by atoms with Crippen LogP contribution in [0.2, 0.25) is 0 Å². The summed E-state index contributed by atoms with van der Waals surface area (Å²) in [6.45, 7) is 6.23. The van der Waals surface area contributed by atoms with E-state index in [4.69, 9.17) is 0 Å². The van der Waals surface area contributed by atoms with Gasteiger partial charge in [0.25, 0.3) is 0 Å². The van der Waals surface area contributed by atoms with Crippen LogP contribution >= 0.6 is 11.3 Å². The molecule has 2 aromatic rings. The van der Waals surface area contributed by atoms with Crippen molar-refractivity contribution in [3.8, 4) is 0 Å². The van der Waals surface area contributed by atoms with Crippen LogP contribution in [0.5, 0.6) is 0 Å². The Balaban J connectivity index is 2.89. The third-order valence-corrected chi connectivity index (χ3v) is 3.09. The van der Waals surface area contributed by atoms with Gasteiger partial charge in [0.15, 0.2) is 0 Å². The Kier molecular flexibility index (Phi) is 2.35. The SMILES string of the molecule is CC(C)(C)c1nc(=O)sc2ccccc12. The molecule has 1 aromatic heterocycles. The van der Waals surface area contributed by atoms with Gasteiger partial charge >= 0.3 is 4.87 Å². The molecule has 0 spiro atoms. The maximum absolute atomic E-state index is 11.5. The molecule has 0 aliphatic carbocycles. The Morgan fingerprint density at radius 3 is 2.53 bits per heavy atom. The molecule has 0 aliphatic heterocycles. The number of rotatable bonds is 0. The monoisotopic (exact) mass is 219 g/mol. The van der Waals surface area contributed by atoms with E-state index in [2.05, 4.69) is 25.8 Å². The lowest BCUT2D eigenvalue weighted by Gasteiger charge is -2.18. The molecule has 0 N–H and O–H groups in total. The number of fused-ring (bicyclic) bond motifs is 1. The van der Waals surface area contributed by atoms with Crippen LogP contribution < -0.4 is 4.87 Å². The van der Waals surface area contributed by atoms with Gasteiger partial charge in [-0.2, -0.15) is 0 Å². The maximum atomic E-state index is 11.5. The molecule has 0 bridgehead atoms. The van der Waals surface area contributed by atoms with Crippen LogP contribution in [0.25, 0.3) is 10.1 Å². The molecule has 0 saturated heterocycles. The van der Waals surface area contributed by atoms with Gasteiger partial charge in [0.05, 0.1) is 5.69 Å². The minimum atomic E-state index is -0.112. The van der Waals surface area contributed by atoms with Crippen LogP contribution in [-0.2, 0) is 5.41 Å². The van der Waals surface area contributed by atoms with E-state index in [1.165, 1.54) is 11.3 Å². The van der Waals surface area contributed by atoms with Crippen molar-refractivity contribution in [1.82, 2.24) is 4.98 Å². The summed E-state index contributed by atoms with van der Waals surface area (Å²) in [6.07, 6.45) is 0. The van der Waals surface area contributed by atoms with Crippen molar-refractivity contribution in [2.24, 2.45) is 0 Å². The van der Waals surface area contributed by atoms with E-state index < -0.39 is 0 Å². The summed E-state index contributed by atoms with van der Waals surface area (Å²) in [5.74, 6) is 0. The molecule has 0 aliphatic rings. The summed E-state index contributed by atoms with van der Waals surface area (Å²) in [4.78, 5) is 15.5. The topological polar surface area (TPSA) is 30.0 Å². The molecule has 0 unspecified atom stereocenters. The summed E-state index contributed by atoms with van der Waals surface area (Å²) in [7, 11) is 0. The number of nitrogens with zero attached hydrogens (tertiary/aromatic N) is 1. The molecule has 0 fully saturated rings. The van der Waals surface area contributed by atoms with Crippen molar-refractivity contribution >= 4 is 21.4 Å². The molecule has 0 amide bonds. The summed E-state index contributed by atoms with van der Waals surface area (Å²) in [6, 6.07) is 7.93. The zero-order chi connectivity index (χ0) is 11.1. The van der Waals surface area contributed by atoms with E-state index in [1.807, 2.05) is 24.3 Å². The molecular weight excluding hydrogens is 206 g/mol. The van der Waals surface area contributed by atoms with E-state index in [-0.39, 0.29) is 10.3 Å². The molecule has 0 saturated carbocycles. The largest absolute Gasteiger partial charge is 0.327 e. The average molecular weight is 219 g/mol. The van der Waals surface area contributed by atoms with Crippen LogP contribution in [0.1, 0.15) is 26.5 Å². The summed E-state index contributed by atoms with van der Waals surface area (Å²) >= 11 is 1.21. The first-order valence-corrected chi connectivity index (χ1v) is 5.70. The molecule has 3 heteroatoms. The summed E-state index contributed by atoms with van der Waals surface area (Å²) in [5, 5.41) is 1.09. The van der Waals surface area contributed by atoms with Gasteiger partial charge in [-0.3, -0.25) is 4.79 Å². The Bertz CT molecular complexity index is 551. The van der Waals surface area contributed by atoms with Crippen LogP contribution in [0.15, 0.2) is 29.1 Å². The number of hydrogen-bond acceptors (Lipinski definition) is 3. The van der Waals surface area contributed by atoms with E-state index in [9.17, 15) is 4.79 Å². The number of benzene rings is 1. The molecule has 2 nitrogen and oxygen atoms in total. The first-order valence-electron chi connectivity index (χ1n) is 4.89. The van der Waals surface area contributed by atoms with Crippen molar-refractivity contribution in [1.29, 1.82) is 0 Å². The fourth-order valence-electron chi connectivity index (χ4n) is 1.59. The van der Waals surface area contributed by atoms with E-state index >= 15 is 0 Å². The summed E-state index contributed by atoms with van der Waals surface area (Å²) in [5.41, 5.74) is 0.800. The van der Waals surface area contributed by atoms with Crippen molar-refractivity contribution in [2.75, 3.05) is 0 Å². The Morgan fingerprint density at radius 2 is 1.87 bits per heavy atom. The fraction of sp³-hybridized carbons (Fsp3) is 0.333. The Morgan fingerprint density at radius 1 is 1.20 bits per heavy atom. The highest BCUT2D eigenvalue weighted by molar-refractivity contribution is 7.16. The molecule has 2 rings (SSSR count). The minimum Gasteiger partial charge on any atom is -0.255 e. The highest BCUT2D eigenvalue weighted by Gasteiger charge is 2.19. The standard InChI is InChI=1S/C12H13NOS/c1-12(2,3)10-8-6-4-5-7-9(8)15-11(14)13-10/h4-7H,1-3H3. The average Bonchev–Trinajstić information content (AvgIpc) is 2.15. The van der Waals surface area contributed by atoms with Crippen LogP contribution in [0.4, 0.5) is 0 Å². The second kappa shape index (κ2) is 3.42. The highest BCUT2D eigenvalue weighted by atomic mass is 32.1. The second-order valence-corrected chi connectivity index (χ2v) is 5.57. The van der Waals surface area contributed by atoms with Gasteiger partial charge in [-0.05, 0) is 6.07 Å². The normalized spacial score (nSPS) is 11.9. The molecule has 15 heavy (non-hydrogen) atoms. The van der Waals surface area contributed by atoms with Gasteiger partial charge in [0.2, 0.25) is 0 Å². The Hall–Kier alpha value is -1.22. The lowest BCUT2D eigenvalue weighted by molar-refractivity contribution is 0.575. The van der Waals surface area contributed by atoms with E-state index in [0.29, 0.717) is 0 Å². The molecule has 0 atom stereocenters. The second-order valence-electron chi connectivity index (χ2n) is 4.57. The quantitative estimate of drug-likeness (QED) is 0.682. The zero-order valence-corrected chi connectivity index (χ0v) is 9.89. The van der Waals surface area contributed by atoms with Crippen molar-refractivity contribution in [3.63, 3.8) is 0 Å². The number of aromatic nitrogens is 1.